The standard InChI is InChI=1S/C15H17NO3S/c17-14(16-8-3-6-12(16)15(18)19)13-11-5-2-1-4-10(11)7-9-20-13/h1-2,4-5,12-13H,3,6-9H2,(H,18,19). The molecule has 0 aromatic heterocycles. The Kier molecular flexibility index (Phi) is 3.70. The molecule has 4 nitrogen and oxygen atoms in total. The lowest BCUT2D eigenvalue weighted by Crippen LogP contribution is -2.42. The highest BCUT2D eigenvalue weighted by Gasteiger charge is 2.39. The van der Waals surface area contributed by atoms with Crippen LogP contribution < -0.4 is 0 Å². The number of likely N-dealkylation sites (tertiary alicyclic amines) is 1. The Morgan fingerprint density at radius 1 is 1.30 bits per heavy atom. The van der Waals surface area contributed by atoms with Gasteiger partial charge in [-0.2, -0.15) is 0 Å². The van der Waals surface area contributed by atoms with Crippen LogP contribution in [-0.2, 0) is 16.0 Å². The average Bonchev–Trinajstić information content (AvgIpc) is 2.95. The van der Waals surface area contributed by atoms with Crippen LogP contribution in [0.5, 0.6) is 0 Å². The maximum Gasteiger partial charge on any atom is 0.326 e. The highest BCUT2D eigenvalue weighted by Crippen LogP contribution is 2.39. The van der Waals surface area contributed by atoms with Crippen molar-refractivity contribution in [2.75, 3.05) is 12.3 Å². The molecule has 0 aliphatic carbocycles. The molecule has 0 bridgehead atoms. The van der Waals surface area contributed by atoms with Crippen LogP contribution in [0.2, 0.25) is 0 Å². The molecule has 2 atom stereocenters. The van der Waals surface area contributed by atoms with Crippen LogP contribution in [0, 0.1) is 0 Å². The fraction of sp³-hybridized carbons (Fsp3) is 0.467. The number of hydrogen-bond donors (Lipinski definition) is 1. The lowest BCUT2D eigenvalue weighted by Gasteiger charge is -2.30. The first-order valence-corrected chi connectivity index (χ1v) is 7.96. The van der Waals surface area contributed by atoms with Gasteiger partial charge in [-0.25, -0.2) is 4.79 Å². The van der Waals surface area contributed by atoms with E-state index in [0.717, 1.165) is 24.2 Å². The van der Waals surface area contributed by atoms with E-state index in [1.165, 1.54) is 5.56 Å². The quantitative estimate of drug-likeness (QED) is 0.906. The molecule has 1 amide bonds. The molecular weight excluding hydrogens is 274 g/mol. The van der Waals surface area contributed by atoms with Gasteiger partial charge in [-0.05, 0) is 36.1 Å². The molecule has 0 radical (unpaired) electrons. The molecule has 106 valence electrons. The smallest absolute Gasteiger partial charge is 0.326 e. The number of fused-ring (bicyclic) bond motifs is 1. The molecular formula is C15H17NO3S. The van der Waals surface area contributed by atoms with E-state index in [2.05, 4.69) is 6.07 Å². The van der Waals surface area contributed by atoms with E-state index in [4.69, 9.17) is 0 Å². The minimum atomic E-state index is -0.884. The second-order valence-corrected chi connectivity index (χ2v) is 6.44. The number of amides is 1. The van der Waals surface area contributed by atoms with Crippen molar-refractivity contribution in [3.05, 3.63) is 35.4 Å². The summed E-state index contributed by atoms with van der Waals surface area (Å²) in [6, 6.07) is 7.36. The summed E-state index contributed by atoms with van der Waals surface area (Å²) in [7, 11) is 0. The zero-order valence-corrected chi connectivity index (χ0v) is 11.9. The molecule has 1 N–H and O–H groups in total. The molecule has 2 aliphatic heterocycles. The molecule has 1 aromatic carbocycles. The topological polar surface area (TPSA) is 57.6 Å². The van der Waals surface area contributed by atoms with Gasteiger partial charge in [0, 0.05) is 6.54 Å². The van der Waals surface area contributed by atoms with Crippen LogP contribution in [0.25, 0.3) is 0 Å². The lowest BCUT2D eigenvalue weighted by atomic mass is 10.0. The third-order valence-corrected chi connectivity index (χ3v) is 5.27. The lowest BCUT2D eigenvalue weighted by molar-refractivity contribution is -0.148. The highest BCUT2D eigenvalue weighted by atomic mass is 32.2. The first-order valence-electron chi connectivity index (χ1n) is 6.91. The van der Waals surface area contributed by atoms with E-state index < -0.39 is 12.0 Å². The van der Waals surface area contributed by atoms with E-state index in [1.54, 1.807) is 16.7 Å². The number of benzene rings is 1. The summed E-state index contributed by atoms with van der Waals surface area (Å²) in [5.41, 5.74) is 2.28. The second kappa shape index (κ2) is 5.48. The Labute approximate surface area is 122 Å². The van der Waals surface area contributed by atoms with E-state index in [9.17, 15) is 14.7 Å². The number of carboxylic acid groups (broad SMARTS) is 1. The monoisotopic (exact) mass is 291 g/mol. The number of nitrogens with zero attached hydrogens (tertiary/aromatic N) is 1. The Morgan fingerprint density at radius 2 is 2.10 bits per heavy atom. The van der Waals surface area contributed by atoms with Gasteiger partial charge < -0.3 is 10.0 Å². The summed E-state index contributed by atoms with van der Waals surface area (Å²) in [6.07, 6.45) is 2.33. The summed E-state index contributed by atoms with van der Waals surface area (Å²) in [5, 5.41) is 8.99. The van der Waals surface area contributed by atoms with Crippen molar-refractivity contribution in [1.82, 2.24) is 4.90 Å². The van der Waals surface area contributed by atoms with Crippen molar-refractivity contribution in [2.24, 2.45) is 0 Å². The third kappa shape index (κ3) is 2.30. The molecule has 3 rings (SSSR count). The van der Waals surface area contributed by atoms with Crippen molar-refractivity contribution in [3.63, 3.8) is 0 Å². The number of aryl methyl sites for hydroxylation is 1. The molecule has 2 heterocycles. The van der Waals surface area contributed by atoms with Crippen molar-refractivity contribution in [3.8, 4) is 0 Å². The third-order valence-electron chi connectivity index (χ3n) is 4.04. The molecule has 2 aliphatic rings. The largest absolute Gasteiger partial charge is 0.480 e. The summed E-state index contributed by atoms with van der Waals surface area (Å²) >= 11 is 1.63. The summed E-state index contributed by atoms with van der Waals surface area (Å²) in [5.74, 6) is -0.00378. The fourth-order valence-electron chi connectivity index (χ4n) is 3.04. The van der Waals surface area contributed by atoms with Crippen LogP contribution in [0.1, 0.15) is 29.2 Å². The van der Waals surface area contributed by atoms with Gasteiger partial charge in [-0.3, -0.25) is 4.79 Å². The van der Waals surface area contributed by atoms with Crippen molar-refractivity contribution in [2.45, 2.75) is 30.6 Å². The van der Waals surface area contributed by atoms with E-state index in [1.807, 2.05) is 18.2 Å². The molecule has 1 saturated heterocycles. The van der Waals surface area contributed by atoms with E-state index >= 15 is 0 Å². The summed E-state index contributed by atoms with van der Waals surface area (Å²) in [4.78, 5) is 25.5. The molecule has 5 heteroatoms. The predicted octanol–water partition coefficient (Wildman–Crippen LogP) is 2.09. The highest BCUT2D eigenvalue weighted by molar-refractivity contribution is 8.00. The Bertz CT molecular complexity index is 546. The normalized spacial score (nSPS) is 25.3. The van der Waals surface area contributed by atoms with Gasteiger partial charge in [0.25, 0.3) is 0 Å². The van der Waals surface area contributed by atoms with E-state index in [-0.39, 0.29) is 11.2 Å². The van der Waals surface area contributed by atoms with Crippen molar-refractivity contribution >= 4 is 23.6 Å². The van der Waals surface area contributed by atoms with Crippen LogP contribution in [-0.4, -0.2) is 40.2 Å². The average molecular weight is 291 g/mol. The predicted molar refractivity (Wildman–Crippen MR) is 77.7 cm³/mol. The zero-order valence-electron chi connectivity index (χ0n) is 11.1. The van der Waals surface area contributed by atoms with Crippen LogP contribution in [0.3, 0.4) is 0 Å². The van der Waals surface area contributed by atoms with Gasteiger partial charge >= 0.3 is 5.97 Å². The van der Waals surface area contributed by atoms with Gasteiger partial charge in [0.15, 0.2) is 0 Å². The fourth-order valence-corrected chi connectivity index (χ4v) is 4.30. The van der Waals surface area contributed by atoms with Gasteiger partial charge in [-0.1, -0.05) is 24.3 Å². The van der Waals surface area contributed by atoms with Crippen molar-refractivity contribution in [1.29, 1.82) is 0 Å². The maximum absolute atomic E-state index is 12.7. The summed E-state index contributed by atoms with van der Waals surface area (Å²) < 4.78 is 0. The van der Waals surface area contributed by atoms with Gasteiger partial charge in [0.1, 0.15) is 11.3 Å². The summed E-state index contributed by atoms with van der Waals surface area (Å²) in [6.45, 7) is 0.565. The Hall–Kier alpha value is -1.49. The van der Waals surface area contributed by atoms with Gasteiger partial charge in [-0.15, -0.1) is 11.8 Å². The zero-order chi connectivity index (χ0) is 14.1. The molecule has 2 unspecified atom stereocenters. The van der Waals surface area contributed by atoms with Crippen LogP contribution in [0.15, 0.2) is 24.3 Å². The SMILES string of the molecule is O=C(O)C1CCCN1C(=O)C1SCCc2ccccc21. The maximum atomic E-state index is 12.7. The molecule has 20 heavy (non-hydrogen) atoms. The first kappa shape index (κ1) is 13.5. The van der Waals surface area contributed by atoms with Crippen molar-refractivity contribution < 1.29 is 14.7 Å². The molecule has 1 fully saturated rings. The number of carbonyl (C=O) groups excluding carboxylic acids is 1. The van der Waals surface area contributed by atoms with E-state index in [0.29, 0.717) is 13.0 Å². The molecule has 0 spiro atoms. The number of aliphatic carboxylic acids is 1. The number of rotatable bonds is 2. The minimum Gasteiger partial charge on any atom is -0.480 e. The minimum absolute atomic E-state index is 0.0351. The van der Waals surface area contributed by atoms with Crippen LogP contribution >= 0.6 is 11.8 Å². The van der Waals surface area contributed by atoms with Crippen LogP contribution in [0.4, 0.5) is 0 Å². The first-order chi connectivity index (χ1) is 9.68. The molecule has 0 saturated carbocycles. The number of thioether (sulfide) groups is 1. The van der Waals surface area contributed by atoms with Gasteiger partial charge in [0.2, 0.25) is 5.91 Å². The Morgan fingerprint density at radius 3 is 2.90 bits per heavy atom. The number of carboxylic acids is 1. The molecule has 1 aromatic rings. The number of hydrogen-bond acceptors (Lipinski definition) is 3. The number of carbonyl (C=O) groups is 2. The van der Waals surface area contributed by atoms with Gasteiger partial charge in [0.05, 0.1) is 0 Å². The Balaban J connectivity index is 1.87. The second-order valence-electron chi connectivity index (χ2n) is 5.23.